The molecule has 1 aromatic carbocycles. The van der Waals surface area contributed by atoms with Crippen LogP contribution in [0.2, 0.25) is 0 Å². The molecule has 0 saturated heterocycles. The second-order valence-electron chi connectivity index (χ2n) is 5.80. The second kappa shape index (κ2) is 5.80. The summed E-state index contributed by atoms with van der Waals surface area (Å²) >= 11 is 0. The van der Waals surface area contributed by atoms with Gasteiger partial charge in [0.2, 0.25) is 0 Å². The number of hydrogen-bond acceptors (Lipinski definition) is 5. The fraction of sp³-hybridized carbons (Fsp3) is 0.158. The molecule has 1 N–H and O–H groups in total. The van der Waals surface area contributed by atoms with Crippen LogP contribution < -0.4 is 4.74 Å². The maximum Gasteiger partial charge on any atom is 0.341 e. The molecule has 26 heavy (non-hydrogen) atoms. The number of carbonyl (C=O) groups excluding carboxylic acids is 2. The number of hydrogen-bond donors (Lipinski definition) is 1. The highest BCUT2D eigenvalue weighted by Crippen LogP contribution is 2.34. The van der Waals surface area contributed by atoms with Gasteiger partial charge in [0.25, 0.3) is 0 Å². The first kappa shape index (κ1) is 16.0. The Labute approximate surface area is 148 Å². The maximum atomic E-state index is 12.4. The molecule has 4 aromatic rings. The minimum atomic E-state index is -0.600. The number of benzene rings is 1. The molecule has 0 radical (unpaired) electrons. The SMILES string of the molecule is COC(=O)c1cn2ccc3c4cc(OC)ccc4[nH]c3c2c1C(=O)OC. The van der Waals surface area contributed by atoms with Gasteiger partial charge >= 0.3 is 11.9 Å². The molecular formula is C19H16N2O5. The number of ether oxygens (including phenoxy) is 3. The molecule has 0 aliphatic carbocycles. The van der Waals surface area contributed by atoms with Crippen LogP contribution in [0.4, 0.5) is 0 Å². The quantitative estimate of drug-likeness (QED) is 0.573. The highest BCUT2D eigenvalue weighted by Gasteiger charge is 2.26. The Hall–Kier alpha value is -3.48. The number of H-pyrrole nitrogens is 1. The monoisotopic (exact) mass is 352 g/mol. The Balaban J connectivity index is 2.16. The predicted molar refractivity (Wildman–Crippen MR) is 96.0 cm³/mol. The fourth-order valence-corrected chi connectivity index (χ4v) is 3.30. The summed E-state index contributed by atoms with van der Waals surface area (Å²) in [6, 6.07) is 7.61. The molecule has 3 heterocycles. The first-order valence-corrected chi connectivity index (χ1v) is 7.88. The van der Waals surface area contributed by atoms with E-state index in [1.807, 2.05) is 24.3 Å². The topological polar surface area (TPSA) is 82.0 Å². The van der Waals surface area contributed by atoms with Crippen LogP contribution in [-0.4, -0.2) is 42.7 Å². The van der Waals surface area contributed by atoms with E-state index in [2.05, 4.69) is 4.98 Å². The minimum absolute atomic E-state index is 0.156. The molecule has 7 nitrogen and oxygen atoms in total. The average molecular weight is 352 g/mol. The van der Waals surface area contributed by atoms with Crippen molar-refractivity contribution in [2.24, 2.45) is 0 Å². The Kier molecular flexibility index (Phi) is 3.57. The lowest BCUT2D eigenvalue weighted by Gasteiger charge is -2.03. The van der Waals surface area contributed by atoms with Crippen molar-refractivity contribution in [1.29, 1.82) is 0 Å². The van der Waals surface area contributed by atoms with E-state index in [1.54, 1.807) is 23.9 Å². The Morgan fingerprint density at radius 2 is 1.77 bits per heavy atom. The first-order chi connectivity index (χ1) is 12.6. The summed E-state index contributed by atoms with van der Waals surface area (Å²) in [7, 11) is 4.17. The van der Waals surface area contributed by atoms with Crippen LogP contribution in [0.1, 0.15) is 20.7 Å². The van der Waals surface area contributed by atoms with Gasteiger partial charge in [0.05, 0.1) is 37.9 Å². The molecule has 4 rings (SSSR count). The molecule has 0 spiro atoms. The Morgan fingerprint density at radius 3 is 2.46 bits per heavy atom. The average Bonchev–Trinajstić information content (AvgIpc) is 3.24. The van der Waals surface area contributed by atoms with E-state index >= 15 is 0 Å². The molecule has 3 aromatic heterocycles. The molecule has 0 bridgehead atoms. The van der Waals surface area contributed by atoms with Crippen molar-refractivity contribution >= 4 is 39.3 Å². The predicted octanol–water partition coefficient (Wildman–Crippen LogP) is 3.16. The zero-order valence-electron chi connectivity index (χ0n) is 14.5. The number of methoxy groups -OCH3 is 3. The van der Waals surface area contributed by atoms with Crippen LogP contribution in [0.15, 0.2) is 36.7 Å². The molecule has 132 valence electrons. The number of aromatic nitrogens is 2. The lowest BCUT2D eigenvalue weighted by molar-refractivity contribution is 0.0558. The van der Waals surface area contributed by atoms with Crippen LogP contribution in [0.25, 0.3) is 27.3 Å². The molecule has 0 unspecified atom stereocenters. The van der Waals surface area contributed by atoms with Gasteiger partial charge in [-0.2, -0.15) is 0 Å². The van der Waals surface area contributed by atoms with Crippen LogP contribution in [0, 0.1) is 0 Å². The third-order valence-corrected chi connectivity index (χ3v) is 4.51. The standard InChI is InChI=1S/C19H16N2O5/c1-24-10-4-5-14-12(8-10)11-6-7-21-9-13(18(22)25-2)15(19(23)26-3)17(21)16(11)20-14/h4-9,20H,1-3H3. The molecular weight excluding hydrogens is 336 g/mol. The van der Waals surface area contributed by atoms with Crippen LogP contribution in [0.3, 0.4) is 0 Å². The van der Waals surface area contributed by atoms with Crippen molar-refractivity contribution in [3.05, 3.63) is 47.8 Å². The van der Waals surface area contributed by atoms with E-state index in [9.17, 15) is 9.59 Å². The lowest BCUT2D eigenvalue weighted by Crippen LogP contribution is -2.09. The maximum absolute atomic E-state index is 12.4. The van der Waals surface area contributed by atoms with E-state index in [0.717, 1.165) is 27.6 Å². The van der Waals surface area contributed by atoms with Crippen molar-refractivity contribution in [3.63, 3.8) is 0 Å². The second-order valence-corrected chi connectivity index (χ2v) is 5.80. The summed E-state index contributed by atoms with van der Waals surface area (Å²) < 4.78 is 16.7. The van der Waals surface area contributed by atoms with Gasteiger partial charge in [-0.1, -0.05) is 0 Å². The highest BCUT2D eigenvalue weighted by atomic mass is 16.5. The lowest BCUT2D eigenvalue weighted by atomic mass is 10.1. The van der Waals surface area contributed by atoms with Crippen LogP contribution in [-0.2, 0) is 9.47 Å². The van der Waals surface area contributed by atoms with Gasteiger partial charge in [-0.05, 0) is 24.3 Å². The van der Waals surface area contributed by atoms with Crippen LogP contribution in [0.5, 0.6) is 5.75 Å². The van der Waals surface area contributed by atoms with Gasteiger partial charge in [-0.25, -0.2) is 9.59 Å². The van der Waals surface area contributed by atoms with Crippen LogP contribution >= 0.6 is 0 Å². The van der Waals surface area contributed by atoms with Gasteiger partial charge in [0, 0.05) is 28.7 Å². The Morgan fingerprint density at radius 1 is 1.00 bits per heavy atom. The van der Waals surface area contributed by atoms with E-state index < -0.39 is 11.9 Å². The van der Waals surface area contributed by atoms with Gasteiger partial charge in [0.15, 0.2) is 0 Å². The summed E-state index contributed by atoms with van der Waals surface area (Å²) in [5.74, 6) is -0.464. The number of carbonyl (C=O) groups is 2. The summed E-state index contributed by atoms with van der Waals surface area (Å²) in [5, 5.41) is 1.87. The van der Waals surface area contributed by atoms with E-state index in [0.29, 0.717) is 5.52 Å². The van der Waals surface area contributed by atoms with Crippen molar-refractivity contribution < 1.29 is 23.8 Å². The molecule has 0 fully saturated rings. The molecule has 0 aliphatic rings. The number of fused-ring (bicyclic) bond motifs is 5. The Bertz CT molecular complexity index is 1190. The molecule has 0 atom stereocenters. The third kappa shape index (κ3) is 2.13. The molecule has 0 amide bonds. The number of nitrogens with zero attached hydrogens (tertiary/aromatic N) is 1. The first-order valence-electron chi connectivity index (χ1n) is 7.88. The summed E-state index contributed by atoms with van der Waals surface area (Å²) in [5.41, 5.74) is 2.51. The highest BCUT2D eigenvalue weighted by molar-refractivity contribution is 6.18. The van der Waals surface area contributed by atoms with Crippen molar-refractivity contribution in [2.75, 3.05) is 21.3 Å². The number of rotatable bonds is 3. The van der Waals surface area contributed by atoms with E-state index in [1.165, 1.54) is 14.2 Å². The zero-order chi connectivity index (χ0) is 18.4. The normalized spacial score (nSPS) is 11.2. The number of nitrogens with one attached hydrogen (secondary N) is 1. The van der Waals surface area contributed by atoms with Crippen molar-refractivity contribution in [2.45, 2.75) is 0 Å². The van der Waals surface area contributed by atoms with Gasteiger partial charge in [-0.3, -0.25) is 0 Å². The van der Waals surface area contributed by atoms with Gasteiger partial charge in [0.1, 0.15) is 11.3 Å². The van der Waals surface area contributed by atoms with Crippen molar-refractivity contribution in [3.8, 4) is 5.75 Å². The smallest absolute Gasteiger partial charge is 0.341 e. The van der Waals surface area contributed by atoms with Gasteiger partial charge < -0.3 is 23.6 Å². The number of pyridine rings is 1. The summed E-state index contributed by atoms with van der Waals surface area (Å²) in [6.07, 6.45) is 3.36. The third-order valence-electron chi connectivity index (χ3n) is 4.51. The summed E-state index contributed by atoms with van der Waals surface area (Å²) in [4.78, 5) is 27.9. The largest absolute Gasteiger partial charge is 0.497 e. The fourth-order valence-electron chi connectivity index (χ4n) is 3.30. The minimum Gasteiger partial charge on any atom is -0.497 e. The molecule has 0 aliphatic heterocycles. The number of aromatic amines is 1. The van der Waals surface area contributed by atoms with E-state index in [-0.39, 0.29) is 11.1 Å². The van der Waals surface area contributed by atoms with Crippen molar-refractivity contribution in [1.82, 2.24) is 9.38 Å². The molecule has 0 saturated carbocycles. The zero-order valence-corrected chi connectivity index (χ0v) is 14.5. The number of esters is 2. The molecule has 7 heteroatoms. The summed E-state index contributed by atoms with van der Waals surface area (Å²) in [6.45, 7) is 0. The van der Waals surface area contributed by atoms with E-state index in [4.69, 9.17) is 14.2 Å². The van der Waals surface area contributed by atoms with Gasteiger partial charge in [-0.15, -0.1) is 0 Å².